The molecule has 16 nitrogen and oxygen atoms in total. The van der Waals surface area contributed by atoms with Gasteiger partial charge in [-0.25, -0.2) is 24.7 Å². The van der Waals surface area contributed by atoms with Crippen LogP contribution in [-0.4, -0.2) is 135 Å². The van der Waals surface area contributed by atoms with Crippen LogP contribution in [0.4, 0.5) is 16.3 Å². The predicted octanol–water partition coefficient (Wildman–Crippen LogP) is 7.41. The molecule has 67 heavy (non-hydrogen) atoms. The Balaban J connectivity index is 0.000000191. The molecule has 4 atom stereocenters. The minimum atomic E-state index is -0.540. The number of ether oxygens (including phenoxy) is 4. The molecule has 4 aliphatic heterocycles. The minimum Gasteiger partial charge on any atom is -0.485 e. The highest BCUT2D eigenvalue weighted by molar-refractivity contribution is 7.19. The van der Waals surface area contributed by atoms with Crippen LogP contribution < -0.4 is 10.1 Å². The third kappa shape index (κ3) is 9.43. The number of halogens is 1. The van der Waals surface area contributed by atoms with Crippen LogP contribution >= 0.6 is 34.3 Å². The van der Waals surface area contributed by atoms with Crippen molar-refractivity contribution in [1.82, 2.24) is 34.6 Å². The second kappa shape index (κ2) is 18.8. The highest BCUT2D eigenvalue weighted by Gasteiger charge is 2.38. The number of rotatable bonds is 6. The average molecular weight is 971 g/mol. The van der Waals surface area contributed by atoms with Crippen molar-refractivity contribution < 1.29 is 33.3 Å². The molecule has 11 rings (SSSR count). The number of carbonyl (C=O) groups excluding carboxylic acids is 3. The van der Waals surface area contributed by atoms with Gasteiger partial charge in [-0.05, 0) is 108 Å². The van der Waals surface area contributed by atoms with Gasteiger partial charge in [-0.15, -0.1) is 22.7 Å². The van der Waals surface area contributed by atoms with Gasteiger partial charge in [-0.2, -0.15) is 0 Å². The van der Waals surface area contributed by atoms with E-state index in [0.29, 0.717) is 70.1 Å². The van der Waals surface area contributed by atoms with Crippen molar-refractivity contribution >= 4 is 90.3 Å². The molecule has 8 heterocycles. The maximum atomic E-state index is 13.4. The van der Waals surface area contributed by atoms with Crippen LogP contribution in [0.3, 0.4) is 0 Å². The number of hydrogen-bond acceptors (Lipinski definition) is 15. The summed E-state index contributed by atoms with van der Waals surface area (Å²) >= 11 is 9.55. The monoisotopic (exact) mass is 969 g/mol. The molecule has 5 aromatic rings. The van der Waals surface area contributed by atoms with E-state index in [0.717, 1.165) is 81.6 Å². The number of aromatic nitrogens is 4. The summed E-state index contributed by atoms with van der Waals surface area (Å²) in [5, 5.41) is 6.09. The van der Waals surface area contributed by atoms with Crippen molar-refractivity contribution in [2.45, 2.75) is 103 Å². The first kappa shape index (κ1) is 45.8. The Bertz CT molecular complexity index is 2750. The summed E-state index contributed by atoms with van der Waals surface area (Å²) in [7, 11) is 0. The normalized spacial score (nSPS) is 22.6. The topological polar surface area (TPSA) is 174 Å². The first-order chi connectivity index (χ1) is 32.3. The van der Waals surface area contributed by atoms with Crippen molar-refractivity contribution in [3.8, 4) is 5.75 Å². The van der Waals surface area contributed by atoms with E-state index in [4.69, 9.17) is 30.5 Å². The highest BCUT2D eigenvalue weighted by atomic mass is 35.5. The van der Waals surface area contributed by atoms with Crippen LogP contribution in [0.1, 0.15) is 79.5 Å². The largest absolute Gasteiger partial charge is 0.485 e. The SMILES string of the molecule is C[C@H]1COCCN1C(=O)[C@H]1CCc2c(sc3ncnc(Cl)c23)C1.C[C@H]1COCCN1C(=O)[C@H]1CCc2c(sc3ncnc(Nc4cc5c(cc4OC4CN(C(=O)OC(C)(C)C)C4)CN=C5)c23)C1. The van der Waals surface area contributed by atoms with E-state index in [9.17, 15) is 14.4 Å². The molecular weight excluding hydrogens is 914 g/mol. The van der Waals surface area contributed by atoms with Crippen molar-refractivity contribution in [1.29, 1.82) is 0 Å². The molecule has 2 aliphatic carbocycles. The van der Waals surface area contributed by atoms with E-state index < -0.39 is 5.60 Å². The Hall–Kier alpha value is -5.01. The average Bonchev–Trinajstić information content (AvgIpc) is 4.02. The van der Waals surface area contributed by atoms with E-state index in [1.807, 2.05) is 42.9 Å². The number of hydrogen-bond donors (Lipinski definition) is 1. The number of carbonyl (C=O) groups is 3. The van der Waals surface area contributed by atoms with E-state index in [1.165, 1.54) is 27.2 Å². The van der Waals surface area contributed by atoms with Gasteiger partial charge in [0.15, 0.2) is 0 Å². The van der Waals surface area contributed by atoms with Gasteiger partial charge in [-0.3, -0.25) is 14.6 Å². The first-order valence-electron chi connectivity index (χ1n) is 23.3. The van der Waals surface area contributed by atoms with E-state index >= 15 is 0 Å². The fourth-order valence-electron chi connectivity index (χ4n) is 9.91. The first-order valence-corrected chi connectivity index (χ1v) is 25.3. The van der Waals surface area contributed by atoms with Gasteiger partial charge in [-0.1, -0.05) is 11.6 Å². The highest BCUT2D eigenvalue weighted by Crippen LogP contribution is 2.43. The zero-order valence-electron chi connectivity index (χ0n) is 38.5. The Morgan fingerprint density at radius 1 is 0.821 bits per heavy atom. The molecule has 19 heteroatoms. The maximum Gasteiger partial charge on any atom is 0.410 e. The molecule has 1 N–H and O–H groups in total. The van der Waals surface area contributed by atoms with Gasteiger partial charge < -0.3 is 39.0 Å². The van der Waals surface area contributed by atoms with Gasteiger partial charge in [0.05, 0.1) is 74.6 Å². The molecule has 6 aliphatic rings. The van der Waals surface area contributed by atoms with E-state index in [1.54, 1.807) is 33.9 Å². The Morgan fingerprint density at radius 3 is 2.03 bits per heavy atom. The number of nitrogens with zero attached hydrogens (tertiary/aromatic N) is 8. The Labute approximate surface area is 402 Å². The molecular formula is C48H56ClN9O7S2. The van der Waals surface area contributed by atoms with Crippen LogP contribution in [0.15, 0.2) is 29.8 Å². The van der Waals surface area contributed by atoms with Gasteiger partial charge in [0.25, 0.3) is 0 Å². The van der Waals surface area contributed by atoms with Gasteiger partial charge in [0, 0.05) is 40.9 Å². The zero-order chi connectivity index (χ0) is 46.6. The molecule has 3 saturated heterocycles. The van der Waals surface area contributed by atoms with Crippen LogP contribution in [0, 0.1) is 11.8 Å². The molecule has 0 spiro atoms. The summed E-state index contributed by atoms with van der Waals surface area (Å²) in [6.45, 7) is 15.1. The summed E-state index contributed by atoms with van der Waals surface area (Å²) in [6.07, 6.45) is 9.35. The fourth-order valence-corrected chi connectivity index (χ4v) is 12.7. The molecule has 3 amide bonds. The number of benzene rings is 1. The number of aryl methyl sites for hydroxylation is 2. The molecule has 0 unspecified atom stereocenters. The Kier molecular flexibility index (Phi) is 12.9. The third-order valence-corrected chi connectivity index (χ3v) is 16.0. The smallest absolute Gasteiger partial charge is 0.410 e. The minimum absolute atomic E-state index is 0.0285. The number of nitrogens with one attached hydrogen (secondary N) is 1. The molecule has 1 aromatic carbocycles. The molecule has 4 aromatic heterocycles. The number of anilines is 2. The summed E-state index contributed by atoms with van der Waals surface area (Å²) in [4.78, 5) is 70.9. The standard InChI is InChI=1S/C32H38N6O5S.C16H18ClN3O2S/c1-18-16-41-8-7-38(18)30(39)19-5-6-23-26(11-19)44-29-27(23)28(34-17-35-29)36-24-9-20-12-33-13-21(20)10-25(24)42-22-14-37(15-22)31(40)43-32(2,3)4;1-9-7-22-5-4-20(9)16(21)10-2-3-11-12(6-10)23-15-13(11)14(17)18-8-19-15/h9-10,12,17-19,22H,5-8,11,13-16H2,1-4H3,(H,34,35,36);8-10H,2-7H2,1H3/t18-,19-;9-,10-/m00/s1. The number of fused-ring (bicyclic) bond motifs is 7. The third-order valence-electron chi connectivity index (χ3n) is 13.4. The van der Waals surface area contributed by atoms with Gasteiger partial charge in [0.1, 0.15) is 50.7 Å². The van der Waals surface area contributed by atoms with Crippen molar-refractivity contribution in [2.75, 3.05) is 57.9 Å². The molecule has 0 saturated carbocycles. The molecule has 0 bridgehead atoms. The summed E-state index contributed by atoms with van der Waals surface area (Å²) < 4.78 is 22.9. The van der Waals surface area contributed by atoms with Crippen LogP contribution in [0.5, 0.6) is 5.75 Å². The second-order valence-corrected chi connectivity index (χ2v) is 21.8. The Morgan fingerprint density at radius 2 is 1.42 bits per heavy atom. The van der Waals surface area contributed by atoms with Crippen molar-refractivity contribution in [3.05, 3.63) is 61.9 Å². The number of likely N-dealkylation sites (tertiary alicyclic amines) is 1. The lowest BCUT2D eigenvalue weighted by molar-refractivity contribution is -0.144. The molecule has 0 radical (unpaired) electrons. The zero-order valence-corrected chi connectivity index (χ0v) is 40.9. The second-order valence-electron chi connectivity index (χ2n) is 19.3. The van der Waals surface area contributed by atoms with Crippen molar-refractivity contribution in [3.63, 3.8) is 0 Å². The number of thiophene rings is 2. The predicted molar refractivity (Wildman–Crippen MR) is 258 cm³/mol. The maximum absolute atomic E-state index is 13.4. The number of amides is 3. The molecule has 354 valence electrons. The summed E-state index contributed by atoms with van der Waals surface area (Å²) in [6, 6.07) is 4.36. The fraction of sp³-hybridized carbons (Fsp3) is 0.542. The lowest BCUT2D eigenvalue weighted by atomic mass is 9.86. The summed E-state index contributed by atoms with van der Waals surface area (Å²) in [5.74, 6) is 1.95. The number of aliphatic imine (C=N–C) groups is 1. The summed E-state index contributed by atoms with van der Waals surface area (Å²) in [5.41, 5.74) is 4.86. The van der Waals surface area contributed by atoms with Crippen molar-refractivity contribution in [2.24, 2.45) is 16.8 Å². The molecule has 3 fully saturated rings. The van der Waals surface area contributed by atoms with E-state index in [2.05, 4.69) is 50.2 Å². The van der Waals surface area contributed by atoms with Gasteiger partial charge in [0.2, 0.25) is 11.8 Å². The van der Waals surface area contributed by atoms with Gasteiger partial charge >= 0.3 is 6.09 Å². The van der Waals surface area contributed by atoms with Crippen LogP contribution in [-0.2, 0) is 56.0 Å². The van der Waals surface area contributed by atoms with E-state index in [-0.39, 0.29) is 47.9 Å². The number of morpholine rings is 2. The van der Waals surface area contributed by atoms with Crippen LogP contribution in [0.25, 0.3) is 20.4 Å². The van der Waals surface area contributed by atoms with Crippen LogP contribution in [0.2, 0.25) is 5.15 Å². The lowest BCUT2D eigenvalue weighted by Crippen LogP contribution is -2.57. The quantitative estimate of drug-likeness (QED) is 0.167. The lowest BCUT2D eigenvalue weighted by Gasteiger charge is -2.39.